The normalized spacial score (nSPS) is 10.5. The molecule has 0 aliphatic rings. The van der Waals surface area contributed by atoms with Crippen molar-refractivity contribution in [2.45, 2.75) is 13.5 Å². The van der Waals surface area contributed by atoms with Gasteiger partial charge in [0.25, 0.3) is 5.56 Å². The van der Waals surface area contributed by atoms with Crippen molar-refractivity contribution in [3.63, 3.8) is 0 Å². The SMILES string of the molecule is Cc1ncc(Cn2cc(F)ccc2=O)s1. The van der Waals surface area contributed by atoms with Crippen molar-refractivity contribution in [2.24, 2.45) is 0 Å². The third-order valence-corrected chi connectivity index (χ3v) is 2.84. The third kappa shape index (κ3) is 2.30. The van der Waals surface area contributed by atoms with Crippen LogP contribution in [-0.4, -0.2) is 9.55 Å². The summed E-state index contributed by atoms with van der Waals surface area (Å²) >= 11 is 1.50. The number of halogens is 1. The summed E-state index contributed by atoms with van der Waals surface area (Å²) in [5.74, 6) is -0.407. The topological polar surface area (TPSA) is 34.9 Å². The Labute approximate surface area is 89.8 Å². The highest BCUT2D eigenvalue weighted by atomic mass is 32.1. The van der Waals surface area contributed by atoms with Gasteiger partial charge in [-0.25, -0.2) is 9.37 Å². The van der Waals surface area contributed by atoms with Crippen molar-refractivity contribution < 1.29 is 4.39 Å². The van der Waals surface area contributed by atoms with Crippen molar-refractivity contribution in [1.29, 1.82) is 0 Å². The zero-order valence-electron chi connectivity index (χ0n) is 8.11. The number of aromatic nitrogens is 2. The lowest BCUT2D eigenvalue weighted by Gasteiger charge is -2.01. The van der Waals surface area contributed by atoms with Gasteiger partial charge >= 0.3 is 0 Å². The van der Waals surface area contributed by atoms with Gasteiger partial charge in [-0.2, -0.15) is 0 Å². The first-order chi connectivity index (χ1) is 7.15. The van der Waals surface area contributed by atoms with E-state index in [9.17, 15) is 9.18 Å². The van der Waals surface area contributed by atoms with Gasteiger partial charge in [-0.1, -0.05) is 0 Å². The van der Waals surface area contributed by atoms with E-state index in [-0.39, 0.29) is 5.56 Å². The van der Waals surface area contributed by atoms with E-state index in [0.29, 0.717) is 6.54 Å². The fourth-order valence-electron chi connectivity index (χ4n) is 1.27. The fraction of sp³-hybridized carbons (Fsp3) is 0.200. The van der Waals surface area contributed by atoms with E-state index < -0.39 is 5.82 Å². The van der Waals surface area contributed by atoms with Crippen molar-refractivity contribution in [1.82, 2.24) is 9.55 Å². The van der Waals surface area contributed by atoms with Crippen LogP contribution in [0.2, 0.25) is 0 Å². The van der Waals surface area contributed by atoms with Crippen LogP contribution in [0.5, 0.6) is 0 Å². The van der Waals surface area contributed by atoms with Gasteiger partial charge in [0.05, 0.1) is 11.6 Å². The zero-order chi connectivity index (χ0) is 10.8. The molecule has 0 bridgehead atoms. The number of pyridine rings is 1. The minimum absolute atomic E-state index is 0.206. The second kappa shape index (κ2) is 3.94. The summed E-state index contributed by atoms with van der Waals surface area (Å²) in [6.07, 6.45) is 2.91. The predicted octanol–water partition coefficient (Wildman–Crippen LogP) is 1.80. The smallest absolute Gasteiger partial charge is 0.251 e. The van der Waals surface area contributed by atoms with Crippen LogP contribution in [0.15, 0.2) is 29.3 Å². The first-order valence-electron chi connectivity index (χ1n) is 4.42. The van der Waals surface area contributed by atoms with Gasteiger partial charge in [0.2, 0.25) is 0 Å². The molecule has 2 heterocycles. The van der Waals surface area contributed by atoms with Crippen LogP contribution >= 0.6 is 11.3 Å². The van der Waals surface area contributed by atoms with Gasteiger partial charge in [0, 0.05) is 23.3 Å². The molecule has 2 rings (SSSR count). The quantitative estimate of drug-likeness (QED) is 0.779. The number of nitrogens with zero attached hydrogens (tertiary/aromatic N) is 2. The van der Waals surface area contributed by atoms with Gasteiger partial charge in [0.15, 0.2) is 0 Å². The Morgan fingerprint density at radius 2 is 2.33 bits per heavy atom. The molecule has 0 saturated heterocycles. The lowest BCUT2D eigenvalue weighted by Crippen LogP contribution is -2.18. The van der Waals surface area contributed by atoms with Crippen LogP contribution in [-0.2, 0) is 6.54 Å². The highest BCUT2D eigenvalue weighted by molar-refractivity contribution is 7.11. The molecule has 5 heteroatoms. The first kappa shape index (κ1) is 10.0. The molecule has 2 aromatic heterocycles. The first-order valence-corrected chi connectivity index (χ1v) is 5.24. The van der Waals surface area contributed by atoms with E-state index in [2.05, 4.69) is 4.98 Å². The number of rotatable bonds is 2. The highest BCUT2D eigenvalue weighted by Crippen LogP contribution is 2.12. The van der Waals surface area contributed by atoms with Gasteiger partial charge in [-0.15, -0.1) is 11.3 Å². The Morgan fingerprint density at radius 3 is 3.00 bits per heavy atom. The molecule has 0 fully saturated rings. The molecule has 0 aromatic carbocycles. The monoisotopic (exact) mass is 224 g/mol. The lowest BCUT2D eigenvalue weighted by molar-refractivity contribution is 0.596. The Kier molecular flexibility index (Phi) is 2.64. The van der Waals surface area contributed by atoms with Gasteiger partial charge in [0.1, 0.15) is 5.82 Å². The van der Waals surface area contributed by atoms with Crippen molar-refractivity contribution in [3.8, 4) is 0 Å². The summed E-state index contributed by atoms with van der Waals surface area (Å²) in [5.41, 5.74) is -0.206. The fourth-order valence-corrected chi connectivity index (χ4v) is 2.07. The molecule has 0 aliphatic heterocycles. The van der Waals surface area contributed by atoms with E-state index in [0.717, 1.165) is 16.0 Å². The molecular formula is C10H9FN2OS. The summed E-state index contributed by atoms with van der Waals surface area (Å²) < 4.78 is 14.2. The Morgan fingerprint density at radius 1 is 1.53 bits per heavy atom. The highest BCUT2D eigenvalue weighted by Gasteiger charge is 2.02. The van der Waals surface area contributed by atoms with Crippen LogP contribution < -0.4 is 5.56 Å². The number of aryl methyl sites for hydroxylation is 1. The van der Waals surface area contributed by atoms with E-state index in [1.54, 1.807) is 6.20 Å². The van der Waals surface area contributed by atoms with Crippen LogP contribution in [0, 0.1) is 12.7 Å². The van der Waals surface area contributed by atoms with Crippen LogP contribution in [0.4, 0.5) is 4.39 Å². The van der Waals surface area contributed by atoms with E-state index >= 15 is 0 Å². The van der Waals surface area contributed by atoms with Gasteiger partial charge < -0.3 is 4.57 Å². The second-order valence-electron chi connectivity index (χ2n) is 3.16. The van der Waals surface area contributed by atoms with E-state index in [1.807, 2.05) is 6.92 Å². The largest absolute Gasteiger partial charge is 0.307 e. The molecule has 0 radical (unpaired) electrons. The lowest BCUT2D eigenvalue weighted by atomic mass is 10.4. The van der Waals surface area contributed by atoms with Gasteiger partial charge in [-0.3, -0.25) is 4.79 Å². The minimum Gasteiger partial charge on any atom is -0.307 e. The minimum atomic E-state index is -0.407. The van der Waals surface area contributed by atoms with E-state index in [4.69, 9.17) is 0 Å². The Balaban J connectivity index is 2.31. The summed E-state index contributed by atoms with van der Waals surface area (Å²) in [6, 6.07) is 2.39. The van der Waals surface area contributed by atoms with Gasteiger partial charge in [-0.05, 0) is 13.0 Å². The molecule has 0 spiro atoms. The summed E-state index contributed by atoms with van der Waals surface area (Å²) in [6.45, 7) is 2.27. The predicted molar refractivity (Wildman–Crippen MR) is 56.6 cm³/mol. The van der Waals surface area contributed by atoms with Crippen LogP contribution in [0.1, 0.15) is 9.88 Å². The van der Waals surface area contributed by atoms with Crippen LogP contribution in [0.25, 0.3) is 0 Å². The molecule has 0 amide bonds. The average molecular weight is 224 g/mol. The number of hydrogen-bond donors (Lipinski definition) is 0. The average Bonchev–Trinajstić information content (AvgIpc) is 2.58. The molecule has 78 valence electrons. The third-order valence-electron chi connectivity index (χ3n) is 1.94. The molecule has 0 atom stereocenters. The Bertz CT molecular complexity index is 532. The maximum atomic E-state index is 12.9. The molecule has 3 nitrogen and oxygen atoms in total. The zero-order valence-corrected chi connectivity index (χ0v) is 8.92. The number of thiazole rings is 1. The van der Waals surface area contributed by atoms with Crippen molar-refractivity contribution in [2.75, 3.05) is 0 Å². The molecule has 15 heavy (non-hydrogen) atoms. The summed E-state index contributed by atoms with van der Waals surface area (Å²) in [7, 11) is 0. The summed E-state index contributed by atoms with van der Waals surface area (Å²) in [4.78, 5) is 16.4. The number of hydrogen-bond acceptors (Lipinski definition) is 3. The molecule has 0 N–H and O–H groups in total. The second-order valence-corrected chi connectivity index (χ2v) is 4.48. The summed E-state index contributed by atoms with van der Waals surface area (Å²) in [5, 5.41) is 0.939. The molecule has 2 aromatic rings. The standard InChI is InChI=1S/C10H9FN2OS/c1-7-12-4-9(15-7)6-13-5-8(11)2-3-10(13)14/h2-5H,6H2,1H3. The molecular weight excluding hydrogens is 215 g/mol. The maximum absolute atomic E-state index is 12.9. The molecule has 0 unspecified atom stereocenters. The maximum Gasteiger partial charge on any atom is 0.251 e. The molecule has 0 saturated carbocycles. The van der Waals surface area contributed by atoms with E-state index in [1.165, 1.54) is 28.2 Å². The van der Waals surface area contributed by atoms with Crippen molar-refractivity contribution >= 4 is 11.3 Å². The van der Waals surface area contributed by atoms with Crippen molar-refractivity contribution in [3.05, 3.63) is 50.6 Å². The van der Waals surface area contributed by atoms with Crippen LogP contribution in [0.3, 0.4) is 0 Å². The Hall–Kier alpha value is -1.49. The molecule has 0 aliphatic carbocycles.